The van der Waals surface area contributed by atoms with Crippen LogP contribution in [0.15, 0.2) is 18.3 Å². The average Bonchev–Trinajstić information content (AvgIpc) is 2.38. The maximum atomic E-state index is 12.9. The van der Waals surface area contributed by atoms with E-state index in [1.54, 1.807) is 4.90 Å². The SMILES string of the molecule is CC(Br)C1CCN(c2ncccc2C(F)(F)F)CC1. The average molecular weight is 337 g/mol. The van der Waals surface area contributed by atoms with Gasteiger partial charge in [-0.2, -0.15) is 13.2 Å². The molecule has 1 aromatic heterocycles. The molecule has 0 radical (unpaired) electrons. The first kappa shape index (κ1) is 14.6. The van der Waals surface area contributed by atoms with E-state index in [4.69, 9.17) is 0 Å². The van der Waals surface area contributed by atoms with Gasteiger partial charge in [-0.1, -0.05) is 22.9 Å². The highest BCUT2D eigenvalue weighted by atomic mass is 79.9. The number of anilines is 1. The molecule has 1 unspecified atom stereocenters. The fourth-order valence-electron chi connectivity index (χ4n) is 2.44. The van der Waals surface area contributed by atoms with Crippen LogP contribution in [0, 0.1) is 5.92 Å². The van der Waals surface area contributed by atoms with Crippen molar-refractivity contribution in [2.24, 2.45) is 5.92 Å². The Morgan fingerprint density at radius 2 is 2.00 bits per heavy atom. The van der Waals surface area contributed by atoms with E-state index in [2.05, 4.69) is 27.8 Å². The van der Waals surface area contributed by atoms with Gasteiger partial charge in [0.1, 0.15) is 5.82 Å². The Balaban J connectivity index is 2.16. The van der Waals surface area contributed by atoms with E-state index in [1.165, 1.54) is 12.3 Å². The van der Waals surface area contributed by atoms with Crippen LogP contribution in [0.2, 0.25) is 0 Å². The molecule has 0 bridgehead atoms. The van der Waals surface area contributed by atoms with Crippen LogP contribution in [0.3, 0.4) is 0 Å². The summed E-state index contributed by atoms with van der Waals surface area (Å²) in [4.78, 5) is 6.08. The van der Waals surface area contributed by atoms with Gasteiger partial charge in [-0.05, 0) is 30.9 Å². The Morgan fingerprint density at radius 3 is 2.53 bits per heavy atom. The Bertz CT molecular complexity index is 426. The number of alkyl halides is 4. The van der Waals surface area contributed by atoms with Gasteiger partial charge in [-0.25, -0.2) is 4.98 Å². The summed E-state index contributed by atoms with van der Waals surface area (Å²) < 4.78 is 38.8. The molecule has 0 amide bonds. The third-order valence-electron chi connectivity index (χ3n) is 3.58. The van der Waals surface area contributed by atoms with E-state index in [1.807, 2.05) is 0 Å². The second-order valence-electron chi connectivity index (χ2n) is 4.87. The molecule has 1 atom stereocenters. The molecule has 106 valence electrons. The van der Waals surface area contributed by atoms with Crippen LogP contribution in [0.4, 0.5) is 19.0 Å². The summed E-state index contributed by atoms with van der Waals surface area (Å²) in [5.41, 5.74) is -0.639. The Morgan fingerprint density at radius 1 is 1.37 bits per heavy atom. The molecule has 2 heterocycles. The third-order valence-corrected chi connectivity index (χ3v) is 4.33. The van der Waals surface area contributed by atoms with Crippen molar-refractivity contribution in [1.29, 1.82) is 0 Å². The number of hydrogen-bond donors (Lipinski definition) is 0. The predicted molar refractivity (Wildman–Crippen MR) is 72.6 cm³/mol. The normalized spacial score (nSPS) is 19.5. The zero-order valence-corrected chi connectivity index (χ0v) is 12.2. The van der Waals surface area contributed by atoms with E-state index >= 15 is 0 Å². The monoisotopic (exact) mass is 336 g/mol. The van der Waals surface area contributed by atoms with Gasteiger partial charge in [0.15, 0.2) is 0 Å². The molecule has 0 aromatic carbocycles. The van der Waals surface area contributed by atoms with Gasteiger partial charge in [-0.15, -0.1) is 0 Å². The van der Waals surface area contributed by atoms with Crippen molar-refractivity contribution in [2.75, 3.05) is 18.0 Å². The number of halogens is 4. The first-order chi connectivity index (χ1) is 8.89. The molecule has 1 aromatic rings. The molecule has 2 rings (SSSR count). The number of rotatable bonds is 2. The van der Waals surface area contributed by atoms with Crippen LogP contribution < -0.4 is 4.90 Å². The second-order valence-corrected chi connectivity index (χ2v) is 6.32. The number of piperidine rings is 1. The Labute approximate surface area is 119 Å². The van der Waals surface area contributed by atoms with Crippen molar-refractivity contribution in [1.82, 2.24) is 4.98 Å². The predicted octanol–water partition coefficient (Wildman–Crippen LogP) is 4.10. The number of pyridine rings is 1. The van der Waals surface area contributed by atoms with Gasteiger partial charge in [-0.3, -0.25) is 0 Å². The topological polar surface area (TPSA) is 16.1 Å². The smallest absolute Gasteiger partial charge is 0.356 e. The van der Waals surface area contributed by atoms with Crippen molar-refractivity contribution < 1.29 is 13.2 Å². The van der Waals surface area contributed by atoms with Crippen LogP contribution in [0.5, 0.6) is 0 Å². The van der Waals surface area contributed by atoms with Crippen molar-refractivity contribution in [2.45, 2.75) is 30.8 Å². The summed E-state index contributed by atoms with van der Waals surface area (Å²) in [6, 6.07) is 2.43. The minimum absolute atomic E-state index is 0.0654. The van der Waals surface area contributed by atoms with Gasteiger partial charge in [0.05, 0.1) is 5.56 Å². The highest BCUT2D eigenvalue weighted by Gasteiger charge is 2.36. The van der Waals surface area contributed by atoms with E-state index in [0.717, 1.165) is 18.9 Å². The lowest BCUT2D eigenvalue weighted by Crippen LogP contribution is -2.37. The van der Waals surface area contributed by atoms with Crippen molar-refractivity contribution in [3.63, 3.8) is 0 Å². The molecule has 0 spiro atoms. The summed E-state index contributed by atoms with van der Waals surface area (Å²) in [5.74, 6) is 0.588. The fraction of sp³-hybridized carbons (Fsp3) is 0.615. The second kappa shape index (κ2) is 5.69. The van der Waals surface area contributed by atoms with Crippen molar-refractivity contribution >= 4 is 21.7 Å². The first-order valence-corrected chi connectivity index (χ1v) is 7.22. The van der Waals surface area contributed by atoms with Gasteiger partial charge < -0.3 is 4.90 Å². The lowest BCUT2D eigenvalue weighted by Gasteiger charge is -2.35. The summed E-state index contributed by atoms with van der Waals surface area (Å²) in [6.45, 7) is 3.34. The molecule has 1 saturated heterocycles. The maximum Gasteiger partial charge on any atom is 0.419 e. The summed E-state index contributed by atoms with van der Waals surface area (Å²) in [7, 11) is 0. The van der Waals surface area contributed by atoms with Crippen molar-refractivity contribution in [3.05, 3.63) is 23.9 Å². The Kier molecular flexibility index (Phi) is 4.38. The van der Waals surface area contributed by atoms with Crippen LogP contribution in [0.25, 0.3) is 0 Å². The quantitative estimate of drug-likeness (QED) is 0.756. The zero-order chi connectivity index (χ0) is 14.0. The molecular formula is C13H16BrF3N2. The first-order valence-electron chi connectivity index (χ1n) is 6.31. The molecule has 1 fully saturated rings. The molecule has 0 aliphatic carbocycles. The fourth-order valence-corrected chi connectivity index (χ4v) is 2.97. The van der Waals surface area contributed by atoms with Gasteiger partial charge in [0.25, 0.3) is 0 Å². The number of hydrogen-bond acceptors (Lipinski definition) is 2. The molecule has 6 heteroatoms. The highest BCUT2D eigenvalue weighted by molar-refractivity contribution is 9.09. The molecule has 1 aliphatic heterocycles. The van der Waals surface area contributed by atoms with E-state index in [9.17, 15) is 13.2 Å². The molecule has 19 heavy (non-hydrogen) atoms. The van der Waals surface area contributed by atoms with E-state index in [-0.39, 0.29) is 5.82 Å². The molecule has 1 aliphatic rings. The van der Waals surface area contributed by atoms with Gasteiger partial charge >= 0.3 is 6.18 Å². The van der Waals surface area contributed by atoms with Gasteiger partial charge in [0, 0.05) is 24.1 Å². The standard InChI is InChI=1S/C13H16BrF3N2/c1-9(14)10-4-7-19(8-5-10)12-11(13(15,16)17)3-2-6-18-12/h2-3,6,9-10H,4-5,7-8H2,1H3. The summed E-state index contributed by atoms with van der Waals surface area (Å²) in [5, 5.41) is 0. The van der Waals surface area contributed by atoms with Crippen molar-refractivity contribution in [3.8, 4) is 0 Å². The summed E-state index contributed by atoms with van der Waals surface area (Å²) >= 11 is 3.54. The minimum atomic E-state index is -4.34. The van der Waals surface area contributed by atoms with Crippen LogP contribution in [0.1, 0.15) is 25.3 Å². The molecule has 0 saturated carbocycles. The Hall–Kier alpha value is -0.780. The van der Waals surface area contributed by atoms with Gasteiger partial charge in [0.2, 0.25) is 0 Å². The zero-order valence-electron chi connectivity index (χ0n) is 10.6. The number of nitrogens with zero attached hydrogens (tertiary/aromatic N) is 2. The third kappa shape index (κ3) is 3.41. The minimum Gasteiger partial charge on any atom is -0.356 e. The maximum absolute atomic E-state index is 12.9. The molecule has 0 N–H and O–H groups in total. The molecule has 2 nitrogen and oxygen atoms in total. The lowest BCUT2D eigenvalue weighted by molar-refractivity contribution is -0.137. The number of aromatic nitrogens is 1. The van der Waals surface area contributed by atoms with Crippen LogP contribution in [-0.4, -0.2) is 22.9 Å². The van der Waals surface area contributed by atoms with E-state index in [0.29, 0.717) is 23.8 Å². The van der Waals surface area contributed by atoms with E-state index < -0.39 is 11.7 Å². The molecular weight excluding hydrogens is 321 g/mol. The van der Waals surface area contributed by atoms with Crippen LogP contribution in [-0.2, 0) is 6.18 Å². The lowest BCUT2D eigenvalue weighted by atomic mass is 9.94. The highest BCUT2D eigenvalue weighted by Crippen LogP contribution is 2.37. The van der Waals surface area contributed by atoms with Crippen LogP contribution >= 0.6 is 15.9 Å². The summed E-state index contributed by atoms with van der Waals surface area (Å²) in [6.07, 6.45) is -1.15. The largest absolute Gasteiger partial charge is 0.419 e.